The molecule has 0 amide bonds. The van der Waals surface area contributed by atoms with Crippen molar-refractivity contribution in [3.05, 3.63) is 151 Å². The molecule has 0 fully saturated rings. The van der Waals surface area contributed by atoms with Gasteiger partial charge in [0.15, 0.2) is 0 Å². The summed E-state index contributed by atoms with van der Waals surface area (Å²) in [6, 6.07) is 30.5. The smallest absolute Gasteiger partial charge is 1.00 e. The van der Waals surface area contributed by atoms with Crippen LogP contribution in [0.2, 0.25) is 0 Å². The fourth-order valence-corrected chi connectivity index (χ4v) is 8.38. The van der Waals surface area contributed by atoms with Crippen LogP contribution in [-0.2, 0) is 23.2 Å². The molecule has 0 bridgehead atoms. The Kier molecular flexibility index (Phi) is 7.62. The third kappa shape index (κ3) is 4.50. The summed E-state index contributed by atoms with van der Waals surface area (Å²) < 4.78 is 2.90. The number of hydrogen-bond donors (Lipinski definition) is 0. The van der Waals surface area contributed by atoms with Gasteiger partial charge in [0.05, 0.1) is 0 Å². The molecular formula is C32H22Cl2Zr. The summed E-state index contributed by atoms with van der Waals surface area (Å²) in [4.78, 5) is 0. The van der Waals surface area contributed by atoms with Crippen molar-refractivity contribution < 1.29 is 48.0 Å². The van der Waals surface area contributed by atoms with Gasteiger partial charge in [-0.1, -0.05) is 0 Å². The van der Waals surface area contributed by atoms with Crippen LogP contribution in [0.3, 0.4) is 0 Å². The van der Waals surface area contributed by atoms with E-state index in [1.807, 2.05) is 0 Å². The second-order valence-electron chi connectivity index (χ2n) is 8.47. The first kappa shape index (κ1) is 25.4. The fourth-order valence-electron chi connectivity index (χ4n) is 4.84. The van der Waals surface area contributed by atoms with E-state index in [9.17, 15) is 0 Å². The second-order valence-corrected chi connectivity index (χ2v) is 11.5. The minimum Gasteiger partial charge on any atom is -1.00 e. The van der Waals surface area contributed by atoms with E-state index in [1.165, 1.54) is 50.4 Å². The van der Waals surface area contributed by atoms with E-state index in [2.05, 4.69) is 122 Å². The molecule has 4 aromatic rings. The fraction of sp³-hybridized carbons (Fsp3) is 0. The molecule has 6 rings (SSSR count). The maximum Gasteiger partial charge on any atom is -1.00 e. The zero-order chi connectivity index (χ0) is 22.4. The van der Waals surface area contributed by atoms with Gasteiger partial charge in [-0.25, -0.2) is 0 Å². The van der Waals surface area contributed by atoms with Crippen LogP contribution in [0.1, 0.15) is 11.1 Å². The molecule has 0 radical (unpaired) electrons. The van der Waals surface area contributed by atoms with Gasteiger partial charge >= 0.3 is 207 Å². The van der Waals surface area contributed by atoms with E-state index in [1.54, 1.807) is 0 Å². The predicted octanol–water partition coefficient (Wildman–Crippen LogP) is 2.46. The Morgan fingerprint density at radius 1 is 0.457 bits per heavy atom. The Hall–Kier alpha value is -2.70. The second kappa shape index (κ2) is 10.5. The van der Waals surface area contributed by atoms with Crippen LogP contribution in [0.15, 0.2) is 140 Å². The summed E-state index contributed by atoms with van der Waals surface area (Å²) in [6.07, 6.45) is 8.92. The number of benzene rings is 4. The summed E-state index contributed by atoms with van der Waals surface area (Å²) in [6.45, 7) is 8.86. The molecule has 0 spiro atoms. The topological polar surface area (TPSA) is 0 Å². The molecule has 0 heterocycles. The quantitative estimate of drug-likeness (QED) is 0.355. The Morgan fingerprint density at radius 3 is 1.31 bits per heavy atom. The molecule has 0 unspecified atom stereocenters. The summed E-state index contributed by atoms with van der Waals surface area (Å²) >= 11 is -1.17. The molecule has 3 heteroatoms. The maximum atomic E-state index is 4.43. The van der Waals surface area contributed by atoms with Gasteiger partial charge in [0.2, 0.25) is 0 Å². The molecule has 35 heavy (non-hydrogen) atoms. The van der Waals surface area contributed by atoms with Gasteiger partial charge in [-0.15, -0.1) is 0 Å². The molecule has 0 atom stereocenters. The number of halogens is 2. The molecule has 2 aliphatic rings. The normalized spacial score (nSPS) is 14.5. The third-order valence-electron chi connectivity index (χ3n) is 6.49. The minimum atomic E-state index is -1.17. The van der Waals surface area contributed by atoms with Crippen molar-refractivity contribution in [3.63, 3.8) is 0 Å². The molecule has 0 nitrogen and oxygen atoms in total. The average Bonchev–Trinajstić information content (AvgIpc) is 3.41. The monoisotopic (exact) mass is 566 g/mol. The van der Waals surface area contributed by atoms with E-state index in [0.717, 1.165) is 11.1 Å². The van der Waals surface area contributed by atoms with Crippen LogP contribution in [-0.4, -0.2) is 0 Å². The van der Waals surface area contributed by atoms with Crippen molar-refractivity contribution in [1.82, 2.24) is 0 Å². The Labute approximate surface area is 230 Å². The molecule has 0 aliphatic heterocycles. The van der Waals surface area contributed by atoms with Crippen LogP contribution in [0.25, 0.3) is 32.7 Å². The molecular weight excluding hydrogens is 546 g/mol. The summed E-state index contributed by atoms with van der Waals surface area (Å²) in [7, 11) is 0. The molecule has 2 aliphatic carbocycles. The number of rotatable bonds is 4. The van der Waals surface area contributed by atoms with Crippen LogP contribution < -0.4 is 24.8 Å². The molecule has 4 aromatic carbocycles. The van der Waals surface area contributed by atoms with Gasteiger partial charge in [-0.2, -0.15) is 0 Å². The first-order valence-corrected chi connectivity index (χ1v) is 13.6. The van der Waals surface area contributed by atoms with Gasteiger partial charge in [-0.05, 0) is 0 Å². The summed E-state index contributed by atoms with van der Waals surface area (Å²) in [5.41, 5.74) is 7.62. The minimum absolute atomic E-state index is 0. The Balaban J connectivity index is 0.00000144. The first-order valence-electron chi connectivity index (χ1n) is 11.2. The number of allylic oxidation sites excluding steroid dienone is 10. The van der Waals surface area contributed by atoms with Gasteiger partial charge in [0.25, 0.3) is 0 Å². The van der Waals surface area contributed by atoms with Crippen LogP contribution in [0.4, 0.5) is 0 Å². The number of fused-ring (bicyclic) bond motifs is 2. The molecule has 0 aromatic heterocycles. The van der Waals surface area contributed by atoms with E-state index in [0.29, 0.717) is 0 Å². The first-order chi connectivity index (χ1) is 16.2. The van der Waals surface area contributed by atoms with E-state index >= 15 is 0 Å². The maximum absolute atomic E-state index is 4.43. The Morgan fingerprint density at radius 2 is 0.857 bits per heavy atom. The molecule has 0 N–H and O–H groups in total. The van der Waals surface area contributed by atoms with Crippen molar-refractivity contribution in [1.29, 1.82) is 0 Å². The zero-order valence-corrected chi connectivity index (χ0v) is 23.0. The van der Waals surface area contributed by atoms with E-state index in [-0.39, 0.29) is 24.8 Å². The van der Waals surface area contributed by atoms with Crippen LogP contribution >= 0.6 is 0 Å². The predicted molar refractivity (Wildman–Crippen MR) is 138 cm³/mol. The third-order valence-corrected chi connectivity index (χ3v) is 10.6. The SMILES string of the molecule is C=C1C=CC(c2cccc3ccccc23)=[C]1[Zr+2][C]1=C(c2cccc3ccccc23)C=CC1=C.[Cl-].[Cl-]. The van der Waals surface area contributed by atoms with Crippen molar-refractivity contribution in [2.45, 2.75) is 0 Å². The summed E-state index contributed by atoms with van der Waals surface area (Å²) in [5, 5.41) is 5.16. The summed E-state index contributed by atoms with van der Waals surface area (Å²) in [5.74, 6) is 0. The molecule has 0 saturated carbocycles. The van der Waals surface area contributed by atoms with Gasteiger partial charge in [0, 0.05) is 0 Å². The van der Waals surface area contributed by atoms with Crippen molar-refractivity contribution >= 4 is 32.7 Å². The van der Waals surface area contributed by atoms with E-state index in [4.69, 9.17) is 0 Å². The Bertz CT molecular complexity index is 1480. The van der Waals surface area contributed by atoms with Gasteiger partial charge in [0.1, 0.15) is 0 Å². The van der Waals surface area contributed by atoms with Crippen LogP contribution in [0.5, 0.6) is 0 Å². The number of hydrogen-bond acceptors (Lipinski definition) is 0. The average molecular weight is 569 g/mol. The van der Waals surface area contributed by atoms with Crippen molar-refractivity contribution in [2.24, 2.45) is 0 Å². The standard InChI is InChI=1S/2C16H11.2ClH.Zr/c2*1-12-9-10-14(11-12)16-8-4-6-13-5-2-3-7-15(13)16;;;/h2*2-10H,1H2;2*1H;/q;;;;+2/p-2. The molecule has 0 saturated heterocycles. The van der Waals surface area contributed by atoms with E-state index < -0.39 is 23.2 Å². The zero-order valence-electron chi connectivity index (χ0n) is 19.1. The van der Waals surface area contributed by atoms with Gasteiger partial charge < -0.3 is 24.8 Å². The van der Waals surface area contributed by atoms with Crippen molar-refractivity contribution in [2.75, 3.05) is 0 Å². The molecule has 168 valence electrons. The van der Waals surface area contributed by atoms with Crippen molar-refractivity contribution in [3.8, 4) is 0 Å². The van der Waals surface area contributed by atoms with Crippen LogP contribution in [0, 0.1) is 0 Å². The van der Waals surface area contributed by atoms with Gasteiger partial charge in [-0.3, -0.25) is 0 Å². The largest absolute Gasteiger partial charge is 1.00 e.